The molecule has 1 N–H and O–H groups in total. The Kier molecular flexibility index (Phi) is 5.13. The summed E-state index contributed by atoms with van der Waals surface area (Å²) >= 11 is 3.88. The van der Waals surface area contributed by atoms with E-state index in [0.29, 0.717) is 6.04 Å². The number of nitrogens with one attached hydrogen (secondary N) is 1. The van der Waals surface area contributed by atoms with Crippen LogP contribution >= 0.6 is 23.1 Å². The highest BCUT2D eigenvalue weighted by Gasteiger charge is 2.18. The number of nitrogens with zero attached hydrogens (tertiary/aromatic N) is 1. The van der Waals surface area contributed by atoms with Gasteiger partial charge in [0.1, 0.15) is 0 Å². The zero-order chi connectivity index (χ0) is 11.2. The topological polar surface area (TPSA) is 24.9 Å². The zero-order valence-corrected chi connectivity index (χ0v) is 11.4. The first-order chi connectivity index (χ1) is 7.88. The van der Waals surface area contributed by atoms with Crippen molar-refractivity contribution in [3.8, 4) is 0 Å². The summed E-state index contributed by atoms with van der Waals surface area (Å²) in [5.41, 5.74) is 0. The highest BCUT2D eigenvalue weighted by molar-refractivity contribution is 7.99. The molecule has 2 heterocycles. The molecule has 0 aromatic carbocycles. The molecule has 1 atom stereocenters. The summed E-state index contributed by atoms with van der Waals surface area (Å²) in [4.78, 5) is 4.37. The van der Waals surface area contributed by atoms with Crippen LogP contribution in [-0.4, -0.2) is 29.6 Å². The zero-order valence-electron chi connectivity index (χ0n) is 9.82. The highest BCUT2D eigenvalue weighted by atomic mass is 32.2. The van der Waals surface area contributed by atoms with Gasteiger partial charge in [0.05, 0.1) is 5.01 Å². The maximum atomic E-state index is 4.37. The van der Waals surface area contributed by atoms with E-state index in [1.807, 2.05) is 6.20 Å². The fourth-order valence-electron chi connectivity index (χ4n) is 2.25. The molecule has 0 saturated carbocycles. The lowest BCUT2D eigenvalue weighted by Gasteiger charge is -2.25. The third kappa shape index (κ3) is 3.75. The summed E-state index contributed by atoms with van der Waals surface area (Å²) in [6.07, 6.45) is 7.12. The Morgan fingerprint density at radius 1 is 1.50 bits per heavy atom. The van der Waals surface area contributed by atoms with Gasteiger partial charge in [-0.25, -0.2) is 4.98 Å². The van der Waals surface area contributed by atoms with E-state index in [9.17, 15) is 0 Å². The van der Waals surface area contributed by atoms with Gasteiger partial charge in [0.15, 0.2) is 0 Å². The van der Waals surface area contributed by atoms with E-state index in [-0.39, 0.29) is 0 Å². The molecule has 1 aromatic rings. The van der Waals surface area contributed by atoms with Crippen LogP contribution in [0.2, 0.25) is 0 Å². The first-order valence-corrected chi connectivity index (χ1v) is 8.05. The van der Waals surface area contributed by atoms with E-state index in [2.05, 4.69) is 34.5 Å². The van der Waals surface area contributed by atoms with Crippen molar-refractivity contribution in [2.75, 3.05) is 18.6 Å². The molecule has 1 fully saturated rings. The number of rotatable bonds is 5. The molecule has 0 radical (unpaired) electrons. The minimum Gasteiger partial charge on any atom is -0.317 e. The Morgan fingerprint density at radius 3 is 2.94 bits per heavy atom. The van der Waals surface area contributed by atoms with Crippen LogP contribution in [0.25, 0.3) is 0 Å². The molecule has 16 heavy (non-hydrogen) atoms. The predicted octanol–water partition coefficient (Wildman–Crippen LogP) is 2.81. The third-order valence-corrected chi connectivity index (χ3v) is 5.12. The standard InChI is InChI=1S/C12H20N2S2/c1-13-11(9-12-14-4-7-16-12)8-10-2-5-15-6-3-10/h4,7,10-11,13H,2-3,5-6,8-9H2,1H3. The number of hydrogen-bond acceptors (Lipinski definition) is 4. The second-order valence-corrected chi connectivity index (χ2v) is 6.61. The van der Waals surface area contributed by atoms with Gasteiger partial charge in [0.2, 0.25) is 0 Å². The van der Waals surface area contributed by atoms with Crippen LogP contribution in [-0.2, 0) is 6.42 Å². The summed E-state index contributed by atoms with van der Waals surface area (Å²) in [7, 11) is 2.08. The molecule has 4 heteroatoms. The molecule has 0 amide bonds. The van der Waals surface area contributed by atoms with Crippen molar-refractivity contribution in [2.24, 2.45) is 5.92 Å². The molecule has 1 aliphatic heterocycles. The number of thiazole rings is 1. The van der Waals surface area contributed by atoms with Crippen LogP contribution in [0.5, 0.6) is 0 Å². The minimum atomic E-state index is 0.610. The van der Waals surface area contributed by atoms with Gasteiger partial charge in [0, 0.05) is 24.0 Å². The molecule has 2 rings (SSSR count). The minimum absolute atomic E-state index is 0.610. The molecule has 0 aliphatic carbocycles. The fourth-order valence-corrected chi connectivity index (χ4v) is 4.15. The Morgan fingerprint density at radius 2 is 2.31 bits per heavy atom. The lowest BCUT2D eigenvalue weighted by Crippen LogP contribution is -2.31. The molecule has 1 aromatic heterocycles. The predicted molar refractivity (Wildman–Crippen MR) is 73.3 cm³/mol. The summed E-state index contributed by atoms with van der Waals surface area (Å²) in [6.45, 7) is 0. The molecule has 0 spiro atoms. The molecule has 1 unspecified atom stereocenters. The number of thioether (sulfide) groups is 1. The average molecular weight is 256 g/mol. The Hall–Kier alpha value is -0.0600. The maximum Gasteiger partial charge on any atom is 0.0940 e. The quantitative estimate of drug-likeness (QED) is 0.877. The average Bonchev–Trinajstić information content (AvgIpc) is 2.82. The van der Waals surface area contributed by atoms with E-state index in [4.69, 9.17) is 0 Å². The number of likely N-dealkylation sites (N-methyl/N-ethyl adjacent to an activating group) is 1. The second kappa shape index (κ2) is 6.62. The second-order valence-electron chi connectivity index (χ2n) is 4.41. The third-order valence-electron chi connectivity index (χ3n) is 3.27. The highest BCUT2D eigenvalue weighted by Crippen LogP contribution is 2.27. The van der Waals surface area contributed by atoms with Gasteiger partial charge in [-0.05, 0) is 43.7 Å². The first-order valence-electron chi connectivity index (χ1n) is 6.02. The van der Waals surface area contributed by atoms with E-state index in [0.717, 1.165) is 12.3 Å². The van der Waals surface area contributed by atoms with Gasteiger partial charge in [-0.15, -0.1) is 11.3 Å². The van der Waals surface area contributed by atoms with Crippen molar-refractivity contribution >= 4 is 23.1 Å². The van der Waals surface area contributed by atoms with Crippen LogP contribution < -0.4 is 5.32 Å². The van der Waals surface area contributed by atoms with Crippen LogP contribution in [0.4, 0.5) is 0 Å². The van der Waals surface area contributed by atoms with Crippen LogP contribution in [0.1, 0.15) is 24.3 Å². The van der Waals surface area contributed by atoms with Gasteiger partial charge in [-0.1, -0.05) is 0 Å². The molecular weight excluding hydrogens is 236 g/mol. The SMILES string of the molecule is CNC(Cc1nccs1)CC1CCSCC1. The Labute approximate surface area is 106 Å². The first kappa shape index (κ1) is 12.4. The smallest absolute Gasteiger partial charge is 0.0940 e. The van der Waals surface area contributed by atoms with E-state index in [1.54, 1.807) is 11.3 Å². The van der Waals surface area contributed by atoms with Crippen molar-refractivity contribution in [3.63, 3.8) is 0 Å². The normalized spacial score (nSPS) is 19.8. The van der Waals surface area contributed by atoms with Crippen LogP contribution in [0.15, 0.2) is 11.6 Å². The molecule has 1 aliphatic rings. The summed E-state index contributed by atoms with van der Waals surface area (Å²) in [6, 6.07) is 0.610. The summed E-state index contributed by atoms with van der Waals surface area (Å²) in [5.74, 6) is 3.65. The Bertz CT molecular complexity index is 281. The number of aromatic nitrogens is 1. The van der Waals surface area contributed by atoms with Gasteiger partial charge in [-0.2, -0.15) is 11.8 Å². The lowest BCUT2D eigenvalue weighted by molar-refractivity contribution is 0.376. The van der Waals surface area contributed by atoms with E-state index >= 15 is 0 Å². The maximum absolute atomic E-state index is 4.37. The van der Waals surface area contributed by atoms with E-state index < -0.39 is 0 Å². The number of hydrogen-bond donors (Lipinski definition) is 1. The molecule has 1 saturated heterocycles. The largest absolute Gasteiger partial charge is 0.317 e. The van der Waals surface area contributed by atoms with Gasteiger partial charge < -0.3 is 5.32 Å². The van der Waals surface area contributed by atoms with Crippen molar-refractivity contribution in [2.45, 2.75) is 31.7 Å². The van der Waals surface area contributed by atoms with Crippen molar-refractivity contribution in [1.82, 2.24) is 10.3 Å². The van der Waals surface area contributed by atoms with Crippen LogP contribution in [0.3, 0.4) is 0 Å². The fraction of sp³-hybridized carbons (Fsp3) is 0.750. The van der Waals surface area contributed by atoms with Gasteiger partial charge >= 0.3 is 0 Å². The van der Waals surface area contributed by atoms with Crippen molar-refractivity contribution in [3.05, 3.63) is 16.6 Å². The summed E-state index contributed by atoms with van der Waals surface area (Å²) in [5, 5.41) is 6.78. The molecule has 0 bridgehead atoms. The van der Waals surface area contributed by atoms with E-state index in [1.165, 1.54) is 35.8 Å². The monoisotopic (exact) mass is 256 g/mol. The molecular formula is C12H20N2S2. The van der Waals surface area contributed by atoms with Gasteiger partial charge in [-0.3, -0.25) is 0 Å². The van der Waals surface area contributed by atoms with Crippen molar-refractivity contribution in [1.29, 1.82) is 0 Å². The van der Waals surface area contributed by atoms with Crippen molar-refractivity contribution < 1.29 is 0 Å². The summed E-state index contributed by atoms with van der Waals surface area (Å²) < 4.78 is 0. The molecule has 2 nitrogen and oxygen atoms in total. The molecule has 90 valence electrons. The van der Waals surface area contributed by atoms with Gasteiger partial charge in [0.25, 0.3) is 0 Å². The Balaban J connectivity index is 1.80. The lowest BCUT2D eigenvalue weighted by atomic mass is 9.93. The van der Waals surface area contributed by atoms with Crippen LogP contribution in [0, 0.1) is 5.92 Å².